The van der Waals surface area contributed by atoms with Crippen molar-refractivity contribution in [3.05, 3.63) is 30.5 Å². The molecule has 1 aliphatic rings. The molecular formula is C7H5FN2O. The van der Waals surface area contributed by atoms with Crippen molar-refractivity contribution in [3.8, 4) is 5.75 Å². The van der Waals surface area contributed by atoms with E-state index in [2.05, 4.69) is 10.3 Å². The van der Waals surface area contributed by atoms with Gasteiger partial charge in [0.25, 0.3) is 0 Å². The van der Waals surface area contributed by atoms with Gasteiger partial charge in [-0.2, -0.15) is 9.37 Å². The van der Waals surface area contributed by atoms with Gasteiger partial charge in [0.1, 0.15) is 6.26 Å². The molecule has 2 rings (SSSR count). The SMILES string of the molecule is Fc1ccc2c(n1)NC=CO2. The lowest BCUT2D eigenvalue weighted by Crippen LogP contribution is -2.02. The lowest BCUT2D eigenvalue weighted by molar-refractivity contribution is 0.469. The van der Waals surface area contributed by atoms with Crippen LogP contribution in [0.2, 0.25) is 0 Å². The van der Waals surface area contributed by atoms with Crippen molar-refractivity contribution in [1.29, 1.82) is 0 Å². The molecule has 2 heterocycles. The molecule has 0 fully saturated rings. The van der Waals surface area contributed by atoms with Crippen molar-refractivity contribution in [2.24, 2.45) is 0 Å². The third-order valence-corrected chi connectivity index (χ3v) is 1.31. The molecule has 0 amide bonds. The average molecular weight is 152 g/mol. The number of rotatable bonds is 0. The van der Waals surface area contributed by atoms with Crippen LogP contribution in [0.25, 0.3) is 0 Å². The molecule has 0 aliphatic carbocycles. The van der Waals surface area contributed by atoms with Gasteiger partial charge in [-0.15, -0.1) is 0 Å². The summed E-state index contributed by atoms with van der Waals surface area (Å²) in [6.07, 6.45) is 3.02. The van der Waals surface area contributed by atoms with Gasteiger partial charge in [-0.05, 0) is 12.1 Å². The van der Waals surface area contributed by atoms with E-state index in [0.717, 1.165) is 0 Å². The Balaban J connectivity index is 2.48. The summed E-state index contributed by atoms with van der Waals surface area (Å²) in [4.78, 5) is 3.56. The highest BCUT2D eigenvalue weighted by molar-refractivity contribution is 5.53. The fraction of sp³-hybridized carbons (Fsp3) is 0. The second-order valence-corrected chi connectivity index (χ2v) is 2.05. The molecule has 0 saturated carbocycles. The smallest absolute Gasteiger partial charge is 0.215 e. The Morgan fingerprint density at radius 3 is 3.27 bits per heavy atom. The van der Waals surface area contributed by atoms with Crippen LogP contribution in [0.1, 0.15) is 0 Å². The molecule has 0 saturated heterocycles. The summed E-state index contributed by atoms with van der Waals surface area (Å²) in [6.45, 7) is 0. The molecule has 0 aromatic carbocycles. The van der Waals surface area contributed by atoms with Crippen LogP contribution < -0.4 is 10.1 Å². The van der Waals surface area contributed by atoms with E-state index in [1.54, 1.807) is 6.20 Å². The highest BCUT2D eigenvalue weighted by Gasteiger charge is 2.07. The summed E-state index contributed by atoms with van der Waals surface area (Å²) < 4.78 is 17.5. The maximum atomic E-state index is 12.5. The molecule has 0 spiro atoms. The molecule has 0 unspecified atom stereocenters. The van der Waals surface area contributed by atoms with Crippen LogP contribution in [0.15, 0.2) is 24.6 Å². The number of anilines is 1. The summed E-state index contributed by atoms with van der Waals surface area (Å²) in [5.41, 5.74) is 0. The minimum Gasteiger partial charge on any atom is -0.460 e. The predicted molar refractivity (Wildman–Crippen MR) is 37.6 cm³/mol. The van der Waals surface area contributed by atoms with Crippen LogP contribution in [-0.2, 0) is 0 Å². The quantitative estimate of drug-likeness (QED) is 0.572. The maximum Gasteiger partial charge on any atom is 0.215 e. The van der Waals surface area contributed by atoms with E-state index in [-0.39, 0.29) is 0 Å². The van der Waals surface area contributed by atoms with Gasteiger partial charge in [-0.25, -0.2) is 0 Å². The second kappa shape index (κ2) is 2.23. The van der Waals surface area contributed by atoms with Crippen molar-refractivity contribution < 1.29 is 9.13 Å². The minimum atomic E-state index is -0.518. The number of nitrogens with one attached hydrogen (secondary N) is 1. The highest BCUT2D eigenvalue weighted by atomic mass is 19.1. The number of nitrogens with zero attached hydrogens (tertiary/aromatic N) is 1. The van der Waals surface area contributed by atoms with E-state index in [0.29, 0.717) is 11.6 Å². The van der Waals surface area contributed by atoms with Crippen LogP contribution in [-0.4, -0.2) is 4.98 Å². The lowest BCUT2D eigenvalue weighted by atomic mass is 10.4. The van der Waals surface area contributed by atoms with E-state index in [4.69, 9.17) is 4.74 Å². The molecule has 1 aliphatic heterocycles. The fourth-order valence-corrected chi connectivity index (χ4v) is 0.841. The van der Waals surface area contributed by atoms with Gasteiger partial charge in [-0.1, -0.05) is 0 Å². The van der Waals surface area contributed by atoms with Crippen LogP contribution in [0.5, 0.6) is 5.75 Å². The molecule has 4 heteroatoms. The zero-order chi connectivity index (χ0) is 7.68. The Morgan fingerprint density at radius 1 is 1.45 bits per heavy atom. The summed E-state index contributed by atoms with van der Waals surface area (Å²) in [7, 11) is 0. The monoisotopic (exact) mass is 152 g/mol. The maximum absolute atomic E-state index is 12.5. The van der Waals surface area contributed by atoms with Crippen molar-refractivity contribution in [2.75, 3.05) is 5.32 Å². The van der Waals surface area contributed by atoms with E-state index in [1.807, 2.05) is 0 Å². The van der Waals surface area contributed by atoms with Crippen LogP contribution in [0.3, 0.4) is 0 Å². The molecule has 56 valence electrons. The van der Waals surface area contributed by atoms with Gasteiger partial charge in [0.15, 0.2) is 11.6 Å². The number of fused-ring (bicyclic) bond motifs is 1. The molecule has 0 atom stereocenters. The molecule has 11 heavy (non-hydrogen) atoms. The first kappa shape index (κ1) is 6.15. The first-order valence-electron chi connectivity index (χ1n) is 3.11. The number of aromatic nitrogens is 1. The summed E-state index contributed by atoms with van der Waals surface area (Å²) in [5, 5.41) is 2.75. The number of hydrogen-bond acceptors (Lipinski definition) is 3. The van der Waals surface area contributed by atoms with E-state index in [1.165, 1.54) is 18.4 Å². The topological polar surface area (TPSA) is 34.2 Å². The molecule has 3 nitrogen and oxygen atoms in total. The summed E-state index contributed by atoms with van der Waals surface area (Å²) in [6, 6.07) is 2.77. The molecule has 1 aromatic rings. The summed E-state index contributed by atoms with van der Waals surface area (Å²) >= 11 is 0. The Kier molecular flexibility index (Phi) is 1.25. The number of ether oxygens (including phenoxy) is 1. The van der Waals surface area contributed by atoms with Gasteiger partial charge in [-0.3, -0.25) is 0 Å². The van der Waals surface area contributed by atoms with Crippen LogP contribution >= 0.6 is 0 Å². The van der Waals surface area contributed by atoms with E-state index < -0.39 is 5.95 Å². The van der Waals surface area contributed by atoms with Gasteiger partial charge < -0.3 is 10.1 Å². The molecule has 1 aromatic heterocycles. The van der Waals surface area contributed by atoms with Crippen molar-refractivity contribution >= 4 is 5.82 Å². The van der Waals surface area contributed by atoms with E-state index >= 15 is 0 Å². The third-order valence-electron chi connectivity index (χ3n) is 1.31. The first-order chi connectivity index (χ1) is 5.36. The Hall–Kier alpha value is -1.58. The van der Waals surface area contributed by atoms with Gasteiger partial charge in [0, 0.05) is 6.20 Å². The zero-order valence-corrected chi connectivity index (χ0v) is 5.54. The normalized spacial score (nSPS) is 13.2. The van der Waals surface area contributed by atoms with Crippen LogP contribution in [0.4, 0.5) is 10.2 Å². The largest absolute Gasteiger partial charge is 0.460 e. The standard InChI is InChI=1S/C7H5FN2O/c8-6-2-1-5-7(10-6)9-3-4-11-5/h1-4H,(H,9,10). The highest BCUT2D eigenvalue weighted by Crippen LogP contribution is 2.24. The van der Waals surface area contributed by atoms with Crippen molar-refractivity contribution in [1.82, 2.24) is 4.98 Å². The number of halogens is 1. The molecule has 0 bridgehead atoms. The number of pyridine rings is 1. The second-order valence-electron chi connectivity index (χ2n) is 2.05. The summed E-state index contributed by atoms with van der Waals surface area (Å²) in [5.74, 6) is 0.427. The Morgan fingerprint density at radius 2 is 2.36 bits per heavy atom. The van der Waals surface area contributed by atoms with Gasteiger partial charge in [0.05, 0.1) is 0 Å². The fourth-order valence-electron chi connectivity index (χ4n) is 0.841. The minimum absolute atomic E-state index is 0.410. The number of hydrogen-bond donors (Lipinski definition) is 1. The van der Waals surface area contributed by atoms with E-state index in [9.17, 15) is 4.39 Å². The van der Waals surface area contributed by atoms with Gasteiger partial charge >= 0.3 is 0 Å². The lowest BCUT2D eigenvalue weighted by Gasteiger charge is -2.10. The van der Waals surface area contributed by atoms with Crippen molar-refractivity contribution in [2.45, 2.75) is 0 Å². The molecular weight excluding hydrogens is 147 g/mol. The first-order valence-corrected chi connectivity index (χ1v) is 3.11. The molecule has 0 radical (unpaired) electrons. The van der Waals surface area contributed by atoms with Crippen molar-refractivity contribution in [3.63, 3.8) is 0 Å². The Labute approximate surface area is 62.5 Å². The Bertz CT molecular complexity index is 311. The average Bonchev–Trinajstić information content (AvgIpc) is 2.04. The van der Waals surface area contributed by atoms with Crippen LogP contribution in [0, 0.1) is 5.95 Å². The molecule has 1 N–H and O–H groups in total. The third kappa shape index (κ3) is 1.02. The van der Waals surface area contributed by atoms with Gasteiger partial charge in [0.2, 0.25) is 5.95 Å². The zero-order valence-electron chi connectivity index (χ0n) is 5.54. The predicted octanol–water partition coefficient (Wildman–Crippen LogP) is 1.50.